The van der Waals surface area contributed by atoms with Gasteiger partial charge in [0.2, 0.25) is 0 Å². The van der Waals surface area contributed by atoms with Crippen LogP contribution in [0.15, 0.2) is 18.2 Å². The average Bonchev–Trinajstić information content (AvgIpc) is 2.49. The van der Waals surface area contributed by atoms with Crippen molar-refractivity contribution in [1.82, 2.24) is 0 Å². The molecular weight excluding hydrogens is 294 g/mol. The summed E-state index contributed by atoms with van der Waals surface area (Å²) in [5.74, 6) is -1.79. The topological polar surface area (TPSA) is 124 Å². The molecule has 1 aromatic carbocycles. The summed E-state index contributed by atoms with van der Waals surface area (Å²) in [7, 11) is 1.28. The number of nitro groups is 1. The molecule has 0 unspecified atom stereocenters. The minimum Gasteiger partial charge on any atom is -0.490 e. The highest BCUT2D eigenvalue weighted by Gasteiger charge is 2.18. The van der Waals surface area contributed by atoms with Gasteiger partial charge in [0.25, 0.3) is 0 Å². The largest absolute Gasteiger partial charge is 0.490 e. The van der Waals surface area contributed by atoms with Crippen LogP contribution in [-0.2, 0) is 9.59 Å². The summed E-state index contributed by atoms with van der Waals surface area (Å²) >= 11 is 0. The van der Waals surface area contributed by atoms with Crippen LogP contribution in [0.25, 0.3) is 0 Å². The lowest BCUT2D eigenvalue weighted by atomic mass is 10.0. The lowest BCUT2D eigenvalue weighted by molar-refractivity contribution is -0.385. The third-order valence-electron chi connectivity index (χ3n) is 2.95. The van der Waals surface area contributed by atoms with Crippen LogP contribution in [0.4, 0.5) is 5.69 Å². The molecule has 0 heterocycles. The number of Topliss-reactive ketones (excluding diaryl/α,β-unsaturated/α-hetero) is 2. The minimum atomic E-state index is -1.08. The molecule has 1 N–H and O–H groups in total. The summed E-state index contributed by atoms with van der Waals surface area (Å²) in [6.07, 6.45) is -0.625. The fourth-order valence-electron chi connectivity index (χ4n) is 1.77. The van der Waals surface area contributed by atoms with Crippen LogP contribution >= 0.6 is 0 Å². The Morgan fingerprint density at radius 3 is 2.36 bits per heavy atom. The maximum absolute atomic E-state index is 11.9. The van der Waals surface area contributed by atoms with Gasteiger partial charge in [0.1, 0.15) is 5.78 Å². The van der Waals surface area contributed by atoms with Crippen molar-refractivity contribution in [3.63, 3.8) is 0 Å². The predicted molar refractivity (Wildman–Crippen MR) is 75.1 cm³/mol. The zero-order valence-corrected chi connectivity index (χ0v) is 11.9. The normalized spacial score (nSPS) is 10.0. The highest BCUT2D eigenvalue weighted by molar-refractivity contribution is 5.99. The van der Waals surface area contributed by atoms with Gasteiger partial charge in [-0.15, -0.1) is 0 Å². The number of carboxylic acid groups (broad SMARTS) is 1. The molecule has 1 aromatic rings. The quantitative estimate of drug-likeness (QED) is 0.420. The third kappa shape index (κ3) is 4.97. The first-order valence-electron chi connectivity index (χ1n) is 6.44. The fraction of sp³-hybridized carbons (Fsp3) is 0.357. The van der Waals surface area contributed by atoms with Gasteiger partial charge in [0, 0.05) is 30.9 Å². The Bertz CT molecular complexity index is 609. The Labute approximate surface area is 125 Å². The molecule has 0 aromatic heterocycles. The first-order valence-corrected chi connectivity index (χ1v) is 6.44. The van der Waals surface area contributed by atoms with Crippen LogP contribution in [0.1, 0.15) is 36.0 Å². The number of benzene rings is 1. The van der Waals surface area contributed by atoms with Crippen molar-refractivity contribution in [3.8, 4) is 5.75 Å². The monoisotopic (exact) mass is 309 g/mol. The van der Waals surface area contributed by atoms with Crippen molar-refractivity contribution >= 4 is 23.2 Å². The van der Waals surface area contributed by atoms with Crippen molar-refractivity contribution < 1.29 is 29.2 Å². The minimum absolute atomic E-state index is 0.0408. The van der Waals surface area contributed by atoms with E-state index in [1.54, 1.807) is 0 Å². The first kappa shape index (κ1) is 17.3. The van der Waals surface area contributed by atoms with Gasteiger partial charge in [0.05, 0.1) is 18.5 Å². The number of carbonyl (C=O) groups is 3. The van der Waals surface area contributed by atoms with E-state index >= 15 is 0 Å². The second-order valence-electron chi connectivity index (χ2n) is 4.50. The zero-order chi connectivity index (χ0) is 16.7. The Balaban J connectivity index is 2.70. The molecule has 22 heavy (non-hydrogen) atoms. The van der Waals surface area contributed by atoms with Crippen LogP contribution in [0, 0.1) is 10.1 Å². The molecule has 0 spiro atoms. The van der Waals surface area contributed by atoms with Crippen molar-refractivity contribution in [2.75, 3.05) is 7.11 Å². The van der Waals surface area contributed by atoms with Gasteiger partial charge in [-0.2, -0.15) is 0 Å². The molecule has 1 rings (SSSR count). The van der Waals surface area contributed by atoms with Gasteiger partial charge < -0.3 is 9.84 Å². The predicted octanol–water partition coefficient (Wildman–Crippen LogP) is 2.00. The van der Waals surface area contributed by atoms with Crippen LogP contribution < -0.4 is 4.74 Å². The highest BCUT2D eigenvalue weighted by atomic mass is 16.6. The van der Waals surface area contributed by atoms with Gasteiger partial charge >= 0.3 is 11.7 Å². The molecule has 0 fully saturated rings. The number of nitrogens with zero attached hydrogens (tertiary/aromatic N) is 1. The lowest BCUT2D eigenvalue weighted by Gasteiger charge is -2.04. The van der Waals surface area contributed by atoms with E-state index < -0.39 is 16.7 Å². The summed E-state index contributed by atoms with van der Waals surface area (Å²) in [5.41, 5.74) is -0.218. The number of hydrogen-bond acceptors (Lipinski definition) is 6. The number of aliphatic carboxylic acids is 1. The van der Waals surface area contributed by atoms with Crippen LogP contribution in [0.5, 0.6) is 5.75 Å². The summed E-state index contributed by atoms with van der Waals surface area (Å²) < 4.78 is 4.83. The second-order valence-corrected chi connectivity index (χ2v) is 4.50. The molecule has 0 saturated carbocycles. The molecule has 0 aliphatic carbocycles. The molecule has 8 heteroatoms. The van der Waals surface area contributed by atoms with E-state index in [-0.39, 0.29) is 48.5 Å². The SMILES string of the molecule is COc1ccc(C(=O)CCC(=O)CCC(=O)O)cc1[N+](=O)[O-]. The van der Waals surface area contributed by atoms with E-state index in [1.807, 2.05) is 0 Å². The maximum atomic E-state index is 11.9. The van der Waals surface area contributed by atoms with E-state index in [0.29, 0.717) is 0 Å². The standard InChI is InChI=1S/C14H15NO7/c1-22-13-6-2-9(8-11(13)15(20)21)12(17)5-3-10(16)4-7-14(18)19/h2,6,8H,3-5,7H2,1H3,(H,18,19). The fourth-order valence-corrected chi connectivity index (χ4v) is 1.77. The number of rotatable bonds is 9. The van der Waals surface area contributed by atoms with Gasteiger partial charge in [-0.05, 0) is 12.1 Å². The van der Waals surface area contributed by atoms with E-state index in [4.69, 9.17) is 9.84 Å². The van der Waals surface area contributed by atoms with Crippen molar-refractivity contribution in [2.24, 2.45) is 0 Å². The molecule has 0 radical (unpaired) electrons. The lowest BCUT2D eigenvalue weighted by Crippen LogP contribution is -2.07. The number of hydrogen-bond donors (Lipinski definition) is 1. The van der Waals surface area contributed by atoms with E-state index in [2.05, 4.69) is 0 Å². The zero-order valence-electron chi connectivity index (χ0n) is 11.9. The molecule has 8 nitrogen and oxygen atoms in total. The van der Waals surface area contributed by atoms with Crippen molar-refractivity contribution in [3.05, 3.63) is 33.9 Å². The van der Waals surface area contributed by atoms with Crippen LogP contribution in [0.3, 0.4) is 0 Å². The molecule has 0 amide bonds. The Morgan fingerprint density at radius 2 is 1.82 bits per heavy atom. The number of nitro benzene ring substituents is 1. The molecular formula is C14H15NO7. The maximum Gasteiger partial charge on any atom is 0.311 e. The Hall–Kier alpha value is -2.77. The van der Waals surface area contributed by atoms with Crippen molar-refractivity contribution in [2.45, 2.75) is 25.7 Å². The molecule has 118 valence electrons. The Kier molecular flexibility index (Phi) is 6.18. The number of ketones is 2. The third-order valence-corrected chi connectivity index (χ3v) is 2.95. The van der Waals surface area contributed by atoms with Gasteiger partial charge in [0.15, 0.2) is 11.5 Å². The molecule has 0 atom stereocenters. The van der Waals surface area contributed by atoms with Crippen molar-refractivity contribution in [1.29, 1.82) is 0 Å². The molecule has 0 aliphatic rings. The molecule has 0 aliphatic heterocycles. The van der Waals surface area contributed by atoms with Crippen LogP contribution in [0.2, 0.25) is 0 Å². The van der Waals surface area contributed by atoms with Gasteiger partial charge in [-0.1, -0.05) is 0 Å². The van der Waals surface area contributed by atoms with E-state index in [0.717, 1.165) is 6.07 Å². The summed E-state index contributed by atoms with van der Waals surface area (Å²) in [6.45, 7) is 0. The van der Waals surface area contributed by atoms with Gasteiger partial charge in [-0.3, -0.25) is 24.5 Å². The smallest absolute Gasteiger partial charge is 0.311 e. The highest BCUT2D eigenvalue weighted by Crippen LogP contribution is 2.28. The number of methoxy groups -OCH3 is 1. The van der Waals surface area contributed by atoms with Crippen LogP contribution in [-0.4, -0.2) is 34.7 Å². The molecule has 0 bridgehead atoms. The number of carbonyl (C=O) groups excluding carboxylic acids is 2. The summed E-state index contributed by atoms with van der Waals surface area (Å²) in [6, 6.07) is 3.80. The molecule has 0 saturated heterocycles. The van der Waals surface area contributed by atoms with E-state index in [9.17, 15) is 24.5 Å². The van der Waals surface area contributed by atoms with E-state index in [1.165, 1.54) is 19.2 Å². The summed E-state index contributed by atoms with van der Waals surface area (Å²) in [4.78, 5) is 43.9. The number of carboxylic acids is 1. The number of ether oxygens (including phenoxy) is 1. The second kappa shape index (κ2) is 7.87. The Morgan fingerprint density at radius 1 is 1.18 bits per heavy atom. The average molecular weight is 309 g/mol. The van der Waals surface area contributed by atoms with Gasteiger partial charge in [-0.25, -0.2) is 0 Å². The first-order chi connectivity index (χ1) is 10.3. The summed E-state index contributed by atoms with van der Waals surface area (Å²) in [5, 5.41) is 19.3.